The summed E-state index contributed by atoms with van der Waals surface area (Å²) in [5, 5.41) is 11.9. The van der Waals surface area contributed by atoms with Crippen molar-refractivity contribution in [3.8, 4) is 0 Å². The predicted octanol–water partition coefficient (Wildman–Crippen LogP) is 2.50. The van der Waals surface area contributed by atoms with Crippen LogP contribution in [0.1, 0.15) is 13.8 Å². The predicted molar refractivity (Wildman–Crippen MR) is 109 cm³/mol. The monoisotopic (exact) mass is 418 g/mol. The Balaban J connectivity index is 0.00000124. The number of nitrogens with one attached hydrogen (secondary N) is 1. The number of benzene rings is 1. The summed E-state index contributed by atoms with van der Waals surface area (Å²) in [4.78, 5) is 25.8. The van der Waals surface area contributed by atoms with Crippen molar-refractivity contribution >= 4 is 36.0 Å². The van der Waals surface area contributed by atoms with E-state index in [-0.39, 0.29) is 6.54 Å². The first kappa shape index (κ1) is 21.1. The van der Waals surface area contributed by atoms with E-state index < -0.39 is 18.0 Å². The number of amides is 2. The highest BCUT2D eigenvalue weighted by molar-refractivity contribution is 5.90. The van der Waals surface area contributed by atoms with Gasteiger partial charge in [-0.25, -0.2) is 14.2 Å². The molecule has 2 amide bonds. The number of ether oxygens (including phenoxy) is 1. The first-order valence-corrected chi connectivity index (χ1v) is 9.58. The van der Waals surface area contributed by atoms with Crippen LogP contribution in [0.4, 0.5) is 26.4 Å². The molecule has 1 aromatic heterocycles. The number of carbonyl (C=O) groups is 2. The first-order chi connectivity index (χ1) is 14.6. The standard InChI is InChI=1S/C17H17FN6O4.C2H6/c18-14-7-12(1-2-15(14)22-4-5-23(11-25)20-10-22)24-9-13(28-17(24)26)8-19-16-3-6-27-21-16;1-2/h1-3,6-7,10-11,13H,4-5,8-9H2,(H,19,21);1-2H3. The molecule has 1 aromatic carbocycles. The molecule has 2 aliphatic rings. The van der Waals surface area contributed by atoms with Crippen LogP contribution in [0.3, 0.4) is 0 Å². The Morgan fingerprint density at radius 3 is 2.77 bits per heavy atom. The lowest BCUT2D eigenvalue weighted by Gasteiger charge is -2.27. The van der Waals surface area contributed by atoms with Crippen LogP contribution in [0.5, 0.6) is 0 Å². The zero-order chi connectivity index (χ0) is 21.5. The van der Waals surface area contributed by atoms with Gasteiger partial charge in [0.1, 0.15) is 24.5 Å². The lowest BCUT2D eigenvalue weighted by molar-refractivity contribution is -0.118. The van der Waals surface area contributed by atoms with Gasteiger partial charge in [0.25, 0.3) is 0 Å². The Hall–Kier alpha value is -3.63. The van der Waals surface area contributed by atoms with Gasteiger partial charge in [-0.05, 0) is 18.2 Å². The molecule has 3 heterocycles. The van der Waals surface area contributed by atoms with Gasteiger partial charge >= 0.3 is 6.09 Å². The molecule has 1 N–H and O–H groups in total. The van der Waals surface area contributed by atoms with Crippen molar-refractivity contribution in [2.75, 3.05) is 41.3 Å². The number of cyclic esters (lactones) is 1. The molecule has 0 bridgehead atoms. The molecule has 1 atom stereocenters. The average Bonchev–Trinajstić information content (AvgIpc) is 3.43. The van der Waals surface area contributed by atoms with Crippen LogP contribution >= 0.6 is 0 Å². The van der Waals surface area contributed by atoms with Crippen molar-refractivity contribution in [3.05, 3.63) is 36.3 Å². The molecule has 1 saturated heterocycles. The molecule has 1 unspecified atom stereocenters. The van der Waals surface area contributed by atoms with Gasteiger partial charge in [-0.2, -0.15) is 5.10 Å². The van der Waals surface area contributed by atoms with Crippen LogP contribution < -0.4 is 15.1 Å². The second kappa shape index (κ2) is 9.72. The molecular weight excluding hydrogens is 395 g/mol. The summed E-state index contributed by atoms with van der Waals surface area (Å²) < 4.78 is 24.7. The zero-order valence-corrected chi connectivity index (χ0v) is 16.7. The SMILES string of the molecule is CC.O=CN1CCN(c2ccc(N3CC(CNc4ccon4)OC3=O)cc2F)C=N1. The van der Waals surface area contributed by atoms with E-state index in [0.29, 0.717) is 43.2 Å². The fourth-order valence-electron chi connectivity index (χ4n) is 2.97. The van der Waals surface area contributed by atoms with E-state index in [4.69, 9.17) is 9.26 Å². The van der Waals surface area contributed by atoms with E-state index in [1.807, 2.05) is 13.8 Å². The molecule has 10 nitrogen and oxygen atoms in total. The van der Waals surface area contributed by atoms with Crippen molar-refractivity contribution in [1.29, 1.82) is 0 Å². The molecule has 0 saturated carbocycles. The van der Waals surface area contributed by atoms with Crippen molar-refractivity contribution in [1.82, 2.24) is 10.2 Å². The van der Waals surface area contributed by atoms with Crippen LogP contribution in [0.15, 0.2) is 40.2 Å². The number of halogens is 1. The van der Waals surface area contributed by atoms with Crippen LogP contribution in [-0.4, -0.2) is 61.3 Å². The maximum Gasteiger partial charge on any atom is 0.414 e. The molecule has 4 rings (SSSR count). The second-order valence-corrected chi connectivity index (χ2v) is 6.21. The van der Waals surface area contributed by atoms with Gasteiger partial charge in [-0.15, -0.1) is 0 Å². The molecule has 2 aromatic rings. The number of hydrogen-bond acceptors (Lipinski definition) is 8. The minimum absolute atomic E-state index is 0.280. The third-order valence-electron chi connectivity index (χ3n) is 4.41. The summed E-state index contributed by atoms with van der Waals surface area (Å²) >= 11 is 0. The molecular formula is C19H23FN6O4. The molecule has 0 spiro atoms. The quantitative estimate of drug-likeness (QED) is 0.719. The molecule has 1 fully saturated rings. The highest BCUT2D eigenvalue weighted by Crippen LogP contribution is 2.28. The Kier molecular flexibility index (Phi) is 6.83. The maximum atomic E-state index is 14.6. The summed E-state index contributed by atoms with van der Waals surface area (Å²) in [5.74, 6) is 0.0433. The van der Waals surface area contributed by atoms with E-state index in [2.05, 4.69) is 15.6 Å². The number of carbonyl (C=O) groups excluding carboxylic acids is 2. The van der Waals surface area contributed by atoms with E-state index in [0.717, 1.165) is 0 Å². The molecule has 2 aliphatic heterocycles. The van der Waals surface area contributed by atoms with Crippen LogP contribution in [0.2, 0.25) is 0 Å². The van der Waals surface area contributed by atoms with Crippen molar-refractivity contribution in [3.63, 3.8) is 0 Å². The largest absolute Gasteiger partial charge is 0.442 e. The maximum absolute atomic E-state index is 14.6. The fourth-order valence-corrected chi connectivity index (χ4v) is 2.97. The first-order valence-electron chi connectivity index (χ1n) is 9.58. The van der Waals surface area contributed by atoms with Crippen molar-refractivity contribution < 1.29 is 23.2 Å². The van der Waals surface area contributed by atoms with Crippen molar-refractivity contribution in [2.45, 2.75) is 20.0 Å². The molecule has 160 valence electrons. The number of hydrazone groups is 1. The molecule has 0 aliphatic carbocycles. The summed E-state index contributed by atoms with van der Waals surface area (Å²) in [6, 6.07) is 6.15. The third kappa shape index (κ3) is 4.67. The third-order valence-corrected chi connectivity index (χ3v) is 4.41. The fraction of sp³-hybridized carbons (Fsp3) is 0.368. The molecule has 11 heteroatoms. The summed E-state index contributed by atoms with van der Waals surface area (Å²) in [5.41, 5.74) is 0.716. The van der Waals surface area contributed by atoms with Gasteiger partial charge in [0.15, 0.2) is 5.82 Å². The van der Waals surface area contributed by atoms with Crippen molar-refractivity contribution in [2.24, 2.45) is 5.10 Å². The lowest BCUT2D eigenvalue weighted by Crippen LogP contribution is -2.37. The number of aromatic nitrogens is 1. The summed E-state index contributed by atoms with van der Waals surface area (Å²) in [7, 11) is 0. The van der Waals surface area contributed by atoms with Crippen LogP contribution in [0, 0.1) is 5.82 Å². The molecule has 0 radical (unpaired) electrons. The minimum atomic E-state index is -0.541. The Morgan fingerprint density at radius 1 is 1.30 bits per heavy atom. The number of rotatable bonds is 6. The van der Waals surface area contributed by atoms with E-state index in [1.165, 1.54) is 28.6 Å². The minimum Gasteiger partial charge on any atom is -0.442 e. The zero-order valence-electron chi connectivity index (χ0n) is 16.7. The normalized spacial score (nSPS) is 18.0. The Bertz CT molecular complexity index is 891. The molecule has 30 heavy (non-hydrogen) atoms. The Morgan fingerprint density at radius 2 is 2.13 bits per heavy atom. The van der Waals surface area contributed by atoms with E-state index in [1.54, 1.807) is 23.1 Å². The van der Waals surface area contributed by atoms with Gasteiger partial charge in [-0.1, -0.05) is 19.0 Å². The second-order valence-electron chi connectivity index (χ2n) is 6.21. The Labute approximate surface area is 172 Å². The number of nitrogens with zero attached hydrogens (tertiary/aromatic N) is 5. The van der Waals surface area contributed by atoms with Crippen LogP contribution in [-0.2, 0) is 9.53 Å². The highest BCUT2D eigenvalue weighted by Gasteiger charge is 2.33. The highest BCUT2D eigenvalue weighted by atomic mass is 19.1. The van der Waals surface area contributed by atoms with Gasteiger partial charge in [0, 0.05) is 12.6 Å². The average molecular weight is 418 g/mol. The number of hydrogen-bond donors (Lipinski definition) is 1. The van der Waals surface area contributed by atoms with Gasteiger partial charge < -0.3 is 19.5 Å². The number of anilines is 3. The summed E-state index contributed by atoms with van der Waals surface area (Å²) in [6.07, 6.45) is 2.49. The van der Waals surface area contributed by atoms with E-state index >= 15 is 0 Å². The topological polar surface area (TPSA) is 104 Å². The van der Waals surface area contributed by atoms with Gasteiger partial charge in [-0.3, -0.25) is 9.69 Å². The summed E-state index contributed by atoms with van der Waals surface area (Å²) in [6.45, 7) is 5.41. The van der Waals surface area contributed by atoms with Gasteiger partial charge in [0.2, 0.25) is 6.41 Å². The van der Waals surface area contributed by atoms with Crippen LogP contribution in [0.25, 0.3) is 0 Å². The lowest BCUT2D eigenvalue weighted by atomic mass is 10.2. The van der Waals surface area contributed by atoms with E-state index in [9.17, 15) is 14.0 Å². The smallest absolute Gasteiger partial charge is 0.414 e. The van der Waals surface area contributed by atoms with Gasteiger partial charge in [0.05, 0.1) is 31.0 Å².